The van der Waals surface area contributed by atoms with Gasteiger partial charge in [0, 0.05) is 22.2 Å². The number of anilines is 1. The van der Waals surface area contributed by atoms with Crippen molar-refractivity contribution in [3.63, 3.8) is 0 Å². The summed E-state index contributed by atoms with van der Waals surface area (Å²) < 4.78 is 27.7. The van der Waals surface area contributed by atoms with E-state index in [1.165, 1.54) is 25.0 Å². The molecule has 1 aromatic heterocycles. The number of H-pyrrole nitrogens is 1. The lowest BCUT2D eigenvalue weighted by molar-refractivity contribution is 0.459. The Balaban J connectivity index is 1.87. The van der Waals surface area contributed by atoms with Crippen LogP contribution in [0.3, 0.4) is 0 Å². The molecular formula is C14H15BrClN3O3S. The lowest BCUT2D eigenvalue weighted by Gasteiger charge is -2.09. The Hall–Kier alpha value is -1.25. The number of nitrogens with one attached hydrogen (secondary N) is 2. The number of rotatable bonds is 4. The van der Waals surface area contributed by atoms with Crippen LogP contribution in [0, 0.1) is 0 Å². The Morgan fingerprint density at radius 1 is 1.30 bits per heavy atom. The van der Waals surface area contributed by atoms with Crippen LogP contribution in [0.15, 0.2) is 27.6 Å². The van der Waals surface area contributed by atoms with Crippen LogP contribution < -0.4 is 4.72 Å². The number of phenols is 1. The summed E-state index contributed by atoms with van der Waals surface area (Å²) in [4.78, 5) is -0.303. The standard InChI is InChI=1S/C14H15BrClN3O3S/c15-9-5-10(16)14(20)12(6-9)23(21,22)19-13-7-11(17-18-13)8-3-1-2-4-8/h5-8,20H,1-4H2,(H2,17,18,19). The molecule has 0 radical (unpaired) electrons. The Kier molecular flexibility index (Phi) is 4.57. The van der Waals surface area contributed by atoms with Crippen LogP contribution in [-0.2, 0) is 10.0 Å². The molecule has 9 heteroatoms. The van der Waals surface area contributed by atoms with Crippen LogP contribution in [-0.4, -0.2) is 23.7 Å². The number of sulfonamides is 1. The molecule has 124 valence electrons. The molecule has 0 saturated heterocycles. The lowest BCUT2D eigenvalue weighted by atomic mass is 10.1. The number of phenolic OH excluding ortho intramolecular Hbond substituents is 1. The Bertz CT molecular complexity index is 832. The summed E-state index contributed by atoms with van der Waals surface area (Å²) in [5, 5.41) is 16.8. The van der Waals surface area contributed by atoms with Crippen LogP contribution >= 0.6 is 27.5 Å². The van der Waals surface area contributed by atoms with Gasteiger partial charge in [0.25, 0.3) is 10.0 Å². The fourth-order valence-electron chi connectivity index (χ4n) is 2.77. The number of nitrogens with zero attached hydrogens (tertiary/aromatic N) is 1. The minimum Gasteiger partial charge on any atom is -0.505 e. The van der Waals surface area contributed by atoms with E-state index < -0.39 is 15.8 Å². The molecule has 23 heavy (non-hydrogen) atoms. The number of benzene rings is 1. The average molecular weight is 421 g/mol. The molecule has 0 atom stereocenters. The number of halogens is 2. The quantitative estimate of drug-likeness (QED) is 0.697. The molecule has 1 fully saturated rings. The summed E-state index contributed by atoms with van der Waals surface area (Å²) in [6.07, 6.45) is 4.51. The molecule has 1 aromatic carbocycles. The SMILES string of the molecule is O=S(=O)(Nc1cc(C2CCCC2)[nH]n1)c1cc(Br)cc(Cl)c1O. The van der Waals surface area contributed by atoms with Crippen molar-refractivity contribution in [1.29, 1.82) is 0 Å². The lowest BCUT2D eigenvalue weighted by Crippen LogP contribution is -2.13. The third kappa shape index (κ3) is 3.49. The van der Waals surface area contributed by atoms with Gasteiger partial charge in [0.1, 0.15) is 4.90 Å². The molecule has 0 unspecified atom stereocenters. The van der Waals surface area contributed by atoms with Crippen LogP contribution in [0.2, 0.25) is 5.02 Å². The predicted octanol–water partition coefficient (Wildman–Crippen LogP) is 3.99. The van der Waals surface area contributed by atoms with Gasteiger partial charge in [-0.1, -0.05) is 40.4 Å². The largest absolute Gasteiger partial charge is 0.505 e. The molecule has 1 saturated carbocycles. The van der Waals surface area contributed by atoms with Crippen molar-refractivity contribution in [2.45, 2.75) is 36.5 Å². The second kappa shape index (κ2) is 6.33. The maximum atomic E-state index is 12.5. The fraction of sp³-hybridized carbons (Fsp3) is 0.357. The number of hydrogen-bond donors (Lipinski definition) is 3. The molecule has 3 N–H and O–H groups in total. The zero-order chi connectivity index (χ0) is 16.6. The third-order valence-corrected chi connectivity index (χ3v) is 6.03. The first kappa shape index (κ1) is 16.6. The van der Waals surface area contributed by atoms with E-state index in [2.05, 4.69) is 30.8 Å². The van der Waals surface area contributed by atoms with Gasteiger partial charge >= 0.3 is 0 Å². The van der Waals surface area contributed by atoms with Gasteiger partial charge in [0.2, 0.25) is 0 Å². The highest BCUT2D eigenvalue weighted by Crippen LogP contribution is 2.36. The van der Waals surface area contributed by atoms with Gasteiger partial charge in [-0.25, -0.2) is 8.42 Å². The summed E-state index contributed by atoms with van der Waals surface area (Å²) in [6, 6.07) is 4.40. The maximum absolute atomic E-state index is 12.5. The summed E-state index contributed by atoms with van der Waals surface area (Å²) in [5.74, 6) is 0.103. The van der Waals surface area contributed by atoms with Crippen LogP contribution in [0.5, 0.6) is 5.75 Å². The highest BCUT2D eigenvalue weighted by Gasteiger charge is 2.24. The van der Waals surface area contributed by atoms with Gasteiger partial charge in [0.05, 0.1) is 5.02 Å². The molecule has 6 nitrogen and oxygen atoms in total. The smallest absolute Gasteiger partial charge is 0.266 e. The second-order valence-electron chi connectivity index (χ2n) is 5.53. The van der Waals surface area contributed by atoms with Crippen molar-refractivity contribution >= 4 is 43.4 Å². The normalized spacial score (nSPS) is 15.9. The Morgan fingerprint density at radius 3 is 2.70 bits per heavy atom. The first-order chi connectivity index (χ1) is 10.9. The predicted molar refractivity (Wildman–Crippen MR) is 91.4 cm³/mol. The molecule has 2 aromatic rings. The van der Waals surface area contributed by atoms with E-state index in [1.54, 1.807) is 6.07 Å². The van der Waals surface area contributed by atoms with E-state index >= 15 is 0 Å². The van der Waals surface area contributed by atoms with Crippen molar-refractivity contribution in [2.24, 2.45) is 0 Å². The van der Waals surface area contributed by atoms with Gasteiger partial charge in [-0.2, -0.15) is 5.10 Å². The molecule has 3 rings (SSSR count). The van der Waals surface area contributed by atoms with Gasteiger partial charge in [-0.15, -0.1) is 0 Å². The topological polar surface area (TPSA) is 95.1 Å². The Labute approximate surface area is 147 Å². The van der Waals surface area contributed by atoms with Crippen molar-refractivity contribution in [2.75, 3.05) is 4.72 Å². The number of aromatic amines is 1. The van der Waals surface area contributed by atoms with E-state index in [9.17, 15) is 13.5 Å². The van der Waals surface area contributed by atoms with E-state index in [1.807, 2.05) is 0 Å². The summed E-state index contributed by atoms with van der Waals surface area (Å²) in [7, 11) is -4.00. The highest BCUT2D eigenvalue weighted by atomic mass is 79.9. The first-order valence-electron chi connectivity index (χ1n) is 7.13. The highest BCUT2D eigenvalue weighted by molar-refractivity contribution is 9.10. The monoisotopic (exact) mass is 419 g/mol. The first-order valence-corrected chi connectivity index (χ1v) is 9.78. The summed E-state index contributed by atoms with van der Waals surface area (Å²) in [5.41, 5.74) is 0.927. The molecule has 1 aliphatic carbocycles. The van der Waals surface area contributed by atoms with E-state index in [4.69, 9.17) is 11.6 Å². The van der Waals surface area contributed by atoms with Gasteiger partial charge in [-0.3, -0.25) is 9.82 Å². The van der Waals surface area contributed by atoms with Crippen molar-refractivity contribution < 1.29 is 13.5 Å². The second-order valence-corrected chi connectivity index (χ2v) is 8.50. The zero-order valence-corrected chi connectivity index (χ0v) is 15.2. The molecule has 1 aliphatic rings. The molecule has 0 aliphatic heterocycles. The van der Waals surface area contributed by atoms with Gasteiger partial charge < -0.3 is 5.11 Å². The molecule has 0 spiro atoms. The van der Waals surface area contributed by atoms with Crippen LogP contribution in [0.1, 0.15) is 37.3 Å². The van der Waals surface area contributed by atoms with E-state index in [-0.39, 0.29) is 15.7 Å². The fourth-order valence-corrected chi connectivity index (χ4v) is 4.93. The van der Waals surface area contributed by atoms with Crippen LogP contribution in [0.4, 0.5) is 5.82 Å². The maximum Gasteiger partial charge on any atom is 0.266 e. The number of hydrogen-bond acceptors (Lipinski definition) is 4. The van der Waals surface area contributed by atoms with Gasteiger partial charge in [0.15, 0.2) is 11.6 Å². The average Bonchev–Trinajstić information content (AvgIpc) is 3.12. The van der Waals surface area contributed by atoms with Gasteiger partial charge in [-0.05, 0) is 25.0 Å². The van der Waals surface area contributed by atoms with Crippen LogP contribution in [0.25, 0.3) is 0 Å². The van der Waals surface area contributed by atoms with Crippen molar-refractivity contribution in [1.82, 2.24) is 10.2 Å². The summed E-state index contributed by atoms with van der Waals surface area (Å²) >= 11 is 8.99. The van der Waals surface area contributed by atoms with E-state index in [0.29, 0.717) is 10.4 Å². The molecule has 0 bridgehead atoms. The third-order valence-electron chi connectivity index (χ3n) is 3.91. The number of aromatic nitrogens is 2. The van der Waals surface area contributed by atoms with Crippen molar-refractivity contribution in [3.8, 4) is 5.75 Å². The molecule has 1 heterocycles. The molecule has 0 amide bonds. The van der Waals surface area contributed by atoms with Crippen molar-refractivity contribution in [3.05, 3.63) is 33.4 Å². The summed E-state index contributed by atoms with van der Waals surface area (Å²) in [6.45, 7) is 0. The minimum absolute atomic E-state index is 0.0478. The van der Waals surface area contributed by atoms with E-state index in [0.717, 1.165) is 18.5 Å². The molecular weight excluding hydrogens is 406 g/mol. The Morgan fingerprint density at radius 2 is 2.00 bits per heavy atom. The number of aromatic hydroxyl groups is 1. The zero-order valence-electron chi connectivity index (χ0n) is 12.0. The minimum atomic E-state index is -4.00.